The van der Waals surface area contributed by atoms with Crippen LogP contribution in [0.4, 0.5) is 24.5 Å². The number of nitrogens with zero attached hydrogens (tertiary/aromatic N) is 4. The lowest BCUT2D eigenvalue weighted by molar-refractivity contribution is -0.137. The van der Waals surface area contributed by atoms with Gasteiger partial charge in [0.2, 0.25) is 0 Å². The van der Waals surface area contributed by atoms with Crippen molar-refractivity contribution >= 4 is 23.2 Å². The number of rotatable bonds is 3. The Labute approximate surface area is 180 Å². The fourth-order valence-corrected chi connectivity index (χ4v) is 3.62. The number of nitrogens with one attached hydrogen (secondary N) is 1. The van der Waals surface area contributed by atoms with Gasteiger partial charge in [0.05, 0.1) is 28.6 Å². The first-order chi connectivity index (χ1) is 15.2. The maximum absolute atomic E-state index is 13.2. The van der Waals surface area contributed by atoms with Crippen LogP contribution in [-0.2, 0) is 6.18 Å². The van der Waals surface area contributed by atoms with Crippen molar-refractivity contribution in [2.24, 2.45) is 0 Å². The van der Waals surface area contributed by atoms with E-state index in [0.29, 0.717) is 5.69 Å². The van der Waals surface area contributed by atoms with Gasteiger partial charge in [0.15, 0.2) is 0 Å². The Kier molecular flexibility index (Phi) is 5.18. The first kappa shape index (κ1) is 21.1. The van der Waals surface area contributed by atoms with Crippen LogP contribution in [0.2, 0.25) is 0 Å². The van der Waals surface area contributed by atoms with Gasteiger partial charge >= 0.3 is 6.18 Å². The molecule has 2 aromatic heterocycles. The van der Waals surface area contributed by atoms with Crippen LogP contribution >= 0.6 is 0 Å². The second-order valence-electron chi connectivity index (χ2n) is 7.28. The number of carbonyl (C=O) groups is 2. The minimum absolute atomic E-state index is 0.0891. The highest BCUT2D eigenvalue weighted by atomic mass is 19.4. The summed E-state index contributed by atoms with van der Waals surface area (Å²) in [5.41, 5.74) is 0.109. The van der Waals surface area contributed by atoms with E-state index in [9.17, 15) is 28.0 Å². The molecule has 0 saturated carbocycles. The van der Waals surface area contributed by atoms with Gasteiger partial charge in [-0.3, -0.25) is 14.6 Å². The van der Waals surface area contributed by atoms with E-state index in [2.05, 4.69) is 10.3 Å². The second kappa shape index (κ2) is 7.85. The molecule has 7 nitrogen and oxygen atoms in total. The van der Waals surface area contributed by atoms with Gasteiger partial charge in [-0.15, -0.1) is 0 Å². The molecule has 0 unspecified atom stereocenters. The van der Waals surface area contributed by atoms with Crippen molar-refractivity contribution in [3.05, 3.63) is 77.4 Å². The summed E-state index contributed by atoms with van der Waals surface area (Å²) in [7, 11) is 0. The topological polar surface area (TPSA) is 91.0 Å². The zero-order valence-corrected chi connectivity index (χ0v) is 16.7. The standard InChI is InChI=1S/C22H16F3N5O2/c1-13-12-30(16-4-2-15(3-5-16)22(23,24)25)21(32)19-17(7-9-29(13)19)20(31)28-18-11-27-8-6-14(18)10-26/h2-9,11,13H,12H2,1H3,(H,28,31)/t13-/m0/s1. The van der Waals surface area contributed by atoms with Crippen LogP contribution in [-0.4, -0.2) is 27.9 Å². The second-order valence-corrected chi connectivity index (χ2v) is 7.28. The van der Waals surface area contributed by atoms with Gasteiger partial charge in [-0.1, -0.05) is 0 Å². The lowest BCUT2D eigenvalue weighted by Crippen LogP contribution is -2.43. The fourth-order valence-electron chi connectivity index (χ4n) is 3.62. The molecule has 32 heavy (non-hydrogen) atoms. The van der Waals surface area contributed by atoms with E-state index in [1.807, 2.05) is 13.0 Å². The fraction of sp³-hybridized carbons (Fsp3) is 0.182. The molecule has 4 rings (SSSR count). The summed E-state index contributed by atoms with van der Waals surface area (Å²) < 4.78 is 40.3. The zero-order valence-electron chi connectivity index (χ0n) is 16.7. The average molecular weight is 439 g/mol. The normalized spacial score (nSPS) is 15.8. The van der Waals surface area contributed by atoms with Gasteiger partial charge in [-0.25, -0.2) is 0 Å². The Morgan fingerprint density at radius 3 is 2.59 bits per heavy atom. The Morgan fingerprint density at radius 2 is 1.94 bits per heavy atom. The van der Waals surface area contributed by atoms with E-state index in [4.69, 9.17) is 0 Å². The summed E-state index contributed by atoms with van der Waals surface area (Å²) >= 11 is 0. The van der Waals surface area contributed by atoms with E-state index >= 15 is 0 Å². The summed E-state index contributed by atoms with van der Waals surface area (Å²) in [5, 5.41) is 11.8. The predicted octanol–water partition coefficient (Wildman–Crippen LogP) is 4.25. The Balaban J connectivity index is 1.66. The maximum atomic E-state index is 13.2. The van der Waals surface area contributed by atoms with Crippen molar-refractivity contribution in [1.29, 1.82) is 5.26 Å². The van der Waals surface area contributed by atoms with Crippen molar-refractivity contribution in [3.63, 3.8) is 0 Å². The number of fused-ring (bicyclic) bond motifs is 1. The number of halogens is 3. The van der Waals surface area contributed by atoms with Crippen LogP contribution in [0.1, 0.15) is 44.9 Å². The minimum atomic E-state index is -4.48. The highest BCUT2D eigenvalue weighted by Gasteiger charge is 2.35. The summed E-state index contributed by atoms with van der Waals surface area (Å²) in [4.78, 5) is 31.4. The largest absolute Gasteiger partial charge is 0.416 e. The number of hydrogen-bond acceptors (Lipinski definition) is 4. The van der Waals surface area contributed by atoms with Crippen molar-refractivity contribution in [2.75, 3.05) is 16.8 Å². The molecule has 1 aromatic carbocycles. The Bertz CT molecular complexity index is 1240. The van der Waals surface area contributed by atoms with Crippen LogP contribution < -0.4 is 10.2 Å². The number of pyridine rings is 1. The molecular formula is C22H16F3N5O2. The molecular weight excluding hydrogens is 423 g/mol. The number of carbonyl (C=O) groups excluding carboxylic acids is 2. The van der Waals surface area contributed by atoms with E-state index in [0.717, 1.165) is 12.1 Å². The smallest absolute Gasteiger partial charge is 0.338 e. The molecule has 0 spiro atoms. The lowest BCUT2D eigenvalue weighted by atomic mass is 10.1. The molecule has 0 fully saturated rings. The SMILES string of the molecule is C[C@H]1CN(c2ccc(C(F)(F)F)cc2)C(=O)c2c(C(=O)Nc3cnccc3C#N)ccn21. The molecule has 162 valence electrons. The number of aromatic nitrogens is 2. The van der Waals surface area contributed by atoms with Crippen LogP contribution in [0.15, 0.2) is 55.0 Å². The van der Waals surface area contributed by atoms with Gasteiger partial charge in [0.1, 0.15) is 11.8 Å². The molecule has 1 aliphatic heterocycles. The molecule has 2 amide bonds. The average Bonchev–Trinajstić information content (AvgIpc) is 3.22. The third kappa shape index (κ3) is 3.69. The third-order valence-corrected chi connectivity index (χ3v) is 5.23. The van der Waals surface area contributed by atoms with Crippen molar-refractivity contribution in [1.82, 2.24) is 9.55 Å². The molecule has 1 N–H and O–H groups in total. The van der Waals surface area contributed by atoms with Crippen LogP contribution in [0, 0.1) is 11.3 Å². The number of hydrogen-bond donors (Lipinski definition) is 1. The molecule has 1 aliphatic rings. The number of benzene rings is 1. The first-order valence-corrected chi connectivity index (χ1v) is 9.56. The van der Waals surface area contributed by atoms with Crippen LogP contribution in [0.5, 0.6) is 0 Å². The molecule has 0 bridgehead atoms. The van der Waals surface area contributed by atoms with E-state index in [1.165, 1.54) is 41.6 Å². The highest BCUT2D eigenvalue weighted by Crippen LogP contribution is 2.33. The summed E-state index contributed by atoms with van der Waals surface area (Å²) in [5.74, 6) is -1.11. The van der Waals surface area contributed by atoms with Crippen LogP contribution in [0.3, 0.4) is 0 Å². The Morgan fingerprint density at radius 1 is 1.22 bits per heavy atom. The van der Waals surface area contributed by atoms with E-state index in [1.54, 1.807) is 10.8 Å². The summed E-state index contributed by atoms with van der Waals surface area (Å²) in [6.45, 7) is 2.07. The monoisotopic (exact) mass is 439 g/mol. The quantitative estimate of drug-likeness (QED) is 0.661. The minimum Gasteiger partial charge on any atom is -0.338 e. The third-order valence-electron chi connectivity index (χ3n) is 5.23. The highest BCUT2D eigenvalue weighted by molar-refractivity contribution is 6.16. The van der Waals surface area contributed by atoms with E-state index < -0.39 is 23.6 Å². The number of amides is 2. The molecule has 1 atom stereocenters. The van der Waals surface area contributed by atoms with Crippen molar-refractivity contribution < 1.29 is 22.8 Å². The van der Waals surface area contributed by atoms with E-state index in [-0.39, 0.29) is 35.1 Å². The van der Waals surface area contributed by atoms with Crippen molar-refractivity contribution in [2.45, 2.75) is 19.1 Å². The molecule has 3 aromatic rings. The summed E-state index contributed by atoms with van der Waals surface area (Å²) in [6, 6.07) is 8.98. The first-order valence-electron chi connectivity index (χ1n) is 9.56. The van der Waals surface area contributed by atoms with Crippen LogP contribution in [0.25, 0.3) is 0 Å². The van der Waals surface area contributed by atoms with Crippen molar-refractivity contribution in [3.8, 4) is 6.07 Å². The van der Waals surface area contributed by atoms with Gasteiger partial charge in [-0.2, -0.15) is 18.4 Å². The molecule has 0 radical (unpaired) electrons. The van der Waals surface area contributed by atoms with Gasteiger partial charge < -0.3 is 14.8 Å². The summed E-state index contributed by atoms with van der Waals surface area (Å²) in [6.07, 6.45) is -0.114. The maximum Gasteiger partial charge on any atom is 0.416 e. The molecule has 10 heteroatoms. The number of anilines is 2. The zero-order chi connectivity index (χ0) is 23.0. The number of nitriles is 1. The van der Waals surface area contributed by atoms with Gasteiger partial charge in [-0.05, 0) is 43.3 Å². The Hall–Kier alpha value is -4.13. The molecule has 0 saturated heterocycles. The van der Waals surface area contributed by atoms with Gasteiger partial charge in [0, 0.05) is 30.7 Å². The molecule has 0 aliphatic carbocycles. The molecule has 3 heterocycles. The number of alkyl halides is 3. The lowest BCUT2D eigenvalue weighted by Gasteiger charge is -2.33. The van der Waals surface area contributed by atoms with Gasteiger partial charge in [0.25, 0.3) is 11.8 Å². The predicted molar refractivity (Wildman–Crippen MR) is 109 cm³/mol.